The summed E-state index contributed by atoms with van der Waals surface area (Å²) in [6.07, 6.45) is -0.0237. The zero-order valence-corrected chi connectivity index (χ0v) is 18.2. The highest BCUT2D eigenvalue weighted by molar-refractivity contribution is 6.00. The van der Waals surface area contributed by atoms with Crippen molar-refractivity contribution in [3.63, 3.8) is 0 Å². The average molecular weight is 441 g/mol. The molecule has 33 heavy (non-hydrogen) atoms. The number of anilines is 2. The van der Waals surface area contributed by atoms with Gasteiger partial charge in [-0.2, -0.15) is 5.26 Å². The average Bonchev–Trinajstić information content (AvgIpc) is 2.84. The summed E-state index contributed by atoms with van der Waals surface area (Å²) in [6.45, 7) is 2.71. The van der Waals surface area contributed by atoms with E-state index in [1.54, 1.807) is 36.1 Å². The summed E-state index contributed by atoms with van der Waals surface area (Å²) in [4.78, 5) is 27.2. The first-order valence-corrected chi connectivity index (χ1v) is 10.7. The zero-order valence-electron chi connectivity index (χ0n) is 18.2. The summed E-state index contributed by atoms with van der Waals surface area (Å²) in [6, 6.07) is 23.4. The largest absolute Gasteiger partial charge is 0.481 e. The van der Waals surface area contributed by atoms with Gasteiger partial charge in [-0.05, 0) is 66.9 Å². The third-order valence-corrected chi connectivity index (χ3v) is 5.50. The highest BCUT2D eigenvalue weighted by atomic mass is 16.5. The van der Waals surface area contributed by atoms with Crippen molar-refractivity contribution in [2.75, 3.05) is 17.2 Å². The summed E-state index contributed by atoms with van der Waals surface area (Å²) in [5.74, 6) is 0.438. The molecule has 0 spiro atoms. The molecule has 3 amide bonds. The van der Waals surface area contributed by atoms with Gasteiger partial charge in [0, 0.05) is 24.5 Å². The lowest BCUT2D eigenvalue weighted by atomic mass is 9.97. The van der Waals surface area contributed by atoms with Crippen molar-refractivity contribution in [1.82, 2.24) is 4.90 Å². The molecule has 7 heteroatoms. The first kappa shape index (κ1) is 21.9. The minimum absolute atomic E-state index is 0.106. The number of hydrogen-bond acceptors (Lipinski definition) is 4. The molecule has 0 radical (unpaired) electrons. The molecule has 7 nitrogen and oxygen atoms in total. The predicted octanol–water partition coefficient (Wildman–Crippen LogP) is 4.55. The highest BCUT2D eigenvalue weighted by Gasteiger charge is 2.27. The van der Waals surface area contributed by atoms with Crippen molar-refractivity contribution in [3.05, 3.63) is 89.5 Å². The van der Waals surface area contributed by atoms with E-state index in [0.717, 1.165) is 16.8 Å². The van der Waals surface area contributed by atoms with Crippen molar-refractivity contribution in [1.29, 1.82) is 5.26 Å². The van der Waals surface area contributed by atoms with Gasteiger partial charge in [0.25, 0.3) is 5.91 Å². The van der Waals surface area contributed by atoms with Gasteiger partial charge in [0.15, 0.2) is 6.10 Å². The third kappa shape index (κ3) is 5.31. The van der Waals surface area contributed by atoms with Crippen LogP contribution in [0, 0.1) is 11.3 Å². The molecule has 0 saturated carbocycles. The topological polar surface area (TPSA) is 94.5 Å². The van der Waals surface area contributed by atoms with E-state index in [4.69, 9.17) is 10.00 Å². The van der Waals surface area contributed by atoms with E-state index in [2.05, 4.69) is 16.7 Å². The van der Waals surface area contributed by atoms with Crippen LogP contribution >= 0.6 is 0 Å². The molecule has 0 aromatic heterocycles. The number of nitrogens with zero attached hydrogens (tertiary/aromatic N) is 2. The summed E-state index contributed by atoms with van der Waals surface area (Å²) >= 11 is 0. The highest BCUT2D eigenvalue weighted by Crippen LogP contribution is 2.27. The maximum atomic E-state index is 13.0. The van der Waals surface area contributed by atoms with Crippen LogP contribution in [0.4, 0.5) is 16.2 Å². The van der Waals surface area contributed by atoms with E-state index in [1.807, 2.05) is 48.5 Å². The van der Waals surface area contributed by atoms with Gasteiger partial charge >= 0.3 is 6.03 Å². The molecule has 1 heterocycles. The lowest BCUT2D eigenvalue weighted by Gasteiger charge is -2.32. The molecule has 3 aromatic carbocycles. The van der Waals surface area contributed by atoms with Crippen LogP contribution in [0.1, 0.15) is 23.6 Å². The normalized spacial score (nSPS) is 13.3. The molecule has 0 aliphatic carbocycles. The van der Waals surface area contributed by atoms with E-state index in [-0.39, 0.29) is 11.9 Å². The molecule has 1 atom stereocenters. The molecule has 0 fully saturated rings. The Balaban J connectivity index is 1.39. The van der Waals surface area contributed by atoms with Crippen molar-refractivity contribution in [2.24, 2.45) is 0 Å². The zero-order chi connectivity index (χ0) is 23.2. The first-order valence-electron chi connectivity index (χ1n) is 10.7. The Morgan fingerprint density at radius 1 is 1.00 bits per heavy atom. The second-order valence-electron chi connectivity index (χ2n) is 7.79. The van der Waals surface area contributed by atoms with Gasteiger partial charge in [-0.1, -0.05) is 30.3 Å². The van der Waals surface area contributed by atoms with Crippen molar-refractivity contribution in [2.45, 2.75) is 26.0 Å². The number of ether oxygens (including phenoxy) is 1. The van der Waals surface area contributed by atoms with Crippen LogP contribution in [0.3, 0.4) is 0 Å². The molecule has 1 aliphatic heterocycles. The number of rotatable bonds is 5. The Hall–Kier alpha value is -4.31. The SMILES string of the molecule is CC(Oc1ccc(C#N)cc1)C(=O)N1CCc2c(cccc2NC(=O)Nc2ccccc2)C1. The first-order chi connectivity index (χ1) is 16.0. The maximum Gasteiger partial charge on any atom is 0.323 e. The van der Waals surface area contributed by atoms with Gasteiger partial charge in [-0.3, -0.25) is 4.79 Å². The van der Waals surface area contributed by atoms with Gasteiger partial charge in [0.2, 0.25) is 0 Å². The fraction of sp³-hybridized carbons (Fsp3) is 0.192. The van der Waals surface area contributed by atoms with Crippen molar-refractivity contribution >= 4 is 23.3 Å². The molecule has 0 saturated heterocycles. The smallest absolute Gasteiger partial charge is 0.323 e. The lowest BCUT2D eigenvalue weighted by molar-refractivity contribution is -0.138. The molecule has 3 aromatic rings. The second-order valence-corrected chi connectivity index (χ2v) is 7.79. The summed E-state index contributed by atoms with van der Waals surface area (Å²) < 4.78 is 5.78. The molecular formula is C26H24N4O3. The molecule has 2 N–H and O–H groups in total. The number of benzene rings is 3. The Morgan fingerprint density at radius 3 is 2.48 bits per heavy atom. The van der Waals surface area contributed by atoms with Crippen molar-refractivity contribution in [3.8, 4) is 11.8 Å². The quantitative estimate of drug-likeness (QED) is 0.608. The van der Waals surface area contributed by atoms with Crippen LogP contribution in [0.2, 0.25) is 0 Å². The van der Waals surface area contributed by atoms with Gasteiger partial charge in [-0.15, -0.1) is 0 Å². The standard InChI is InChI=1S/C26H24N4O3/c1-18(33-22-12-10-19(16-27)11-13-22)25(31)30-15-14-23-20(17-30)6-5-9-24(23)29-26(32)28-21-7-3-2-4-8-21/h2-13,18H,14-15,17H2,1H3,(H2,28,29,32). The molecule has 0 bridgehead atoms. The minimum atomic E-state index is -0.655. The van der Waals surface area contributed by atoms with Gasteiger partial charge < -0.3 is 20.3 Å². The Bertz CT molecular complexity index is 1190. The monoisotopic (exact) mass is 440 g/mol. The number of carbonyl (C=O) groups excluding carboxylic acids is 2. The number of nitriles is 1. The second kappa shape index (κ2) is 9.88. The Morgan fingerprint density at radius 2 is 1.76 bits per heavy atom. The van der Waals surface area contributed by atoms with Crippen LogP contribution in [0.25, 0.3) is 0 Å². The molecule has 4 rings (SSSR count). The fourth-order valence-corrected chi connectivity index (χ4v) is 3.84. The number of para-hydroxylation sites is 1. The molecular weight excluding hydrogens is 416 g/mol. The van der Waals surface area contributed by atoms with Crippen LogP contribution < -0.4 is 15.4 Å². The minimum Gasteiger partial charge on any atom is -0.481 e. The van der Waals surface area contributed by atoms with Crippen LogP contribution in [0.15, 0.2) is 72.8 Å². The van der Waals surface area contributed by atoms with E-state index in [1.165, 1.54) is 0 Å². The van der Waals surface area contributed by atoms with E-state index in [0.29, 0.717) is 36.5 Å². The van der Waals surface area contributed by atoms with Gasteiger partial charge in [0.1, 0.15) is 5.75 Å². The number of urea groups is 1. The number of carbonyl (C=O) groups is 2. The van der Waals surface area contributed by atoms with E-state index < -0.39 is 6.10 Å². The van der Waals surface area contributed by atoms with E-state index >= 15 is 0 Å². The number of hydrogen-bond donors (Lipinski definition) is 2. The van der Waals surface area contributed by atoms with Crippen LogP contribution in [-0.4, -0.2) is 29.5 Å². The maximum absolute atomic E-state index is 13.0. The summed E-state index contributed by atoms with van der Waals surface area (Å²) in [7, 11) is 0. The lowest BCUT2D eigenvalue weighted by Crippen LogP contribution is -2.43. The van der Waals surface area contributed by atoms with Gasteiger partial charge in [-0.25, -0.2) is 4.79 Å². The summed E-state index contributed by atoms with van der Waals surface area (Å²) in [5, 5.41) is 14.7. The number of amides is 3. The Kier molecular flexibility index (Phi) is 6.56. The molecule has 1 unspecified atom stereocenters. The molecule has 1 aliphatic rings. The Labute approximate surface area is 192 Å². The van der Waals surface area contributed by atoms with Crippen LogP contribution in [0.5, 0.6) is 5.75 Å². The number of nitrogens with one attached hydrogen (secondary N) is 2. The third-order valence-electron chi connectivity index (χ3n) is 5.50. The van der Waals surface area contributed by atoms with Crippen molar-refractivity contribution < 1.29 is 14.3 Å². The molecule has 166 valence electrons. The van der Waals surface area contributed by atoms with Gasteiger partial charge in [0.05, 0.1) is 11.6 Å². The predicted molar refractivity (Wildman–Crippen MR) is 126 cm³/mol. The van der Waals surface area contributed by atoms with Crippen LogP contribution in [-0.2, 0) is 17.8 Å². The van der Waals surface area contributed by atoms with E-state index in [9.17, 15) is 9.59 Å². The number of fused-ring (bicyclic) bond motifs is 1. The summed E-state index contributed by atoms with van der Waals surface area (Å²) in [5.41, 5.74) is 4.03. The fourth-order valence-electron chi connectivity index (χ4n) is 3.84.